The van der Waals surface area contributed by atoms with Gasteiger partial charge in [-0.1, -0.05) is 68.1 Å². The average Bonchev–Trinajstić information content (AvgIpc) is 3.46. The molecule has 9 heteroatoms. The lowest BCUT2D eigenvalue weighted by atomic mass is 10.1. The van der Waals surface area contributed by atoms with Gasteiger partial charge in [0.2, 0.25) is 0 Å². The first-order valence-electron chi connectivity index (χ1n) is 11.1. The van der Waals surface area contributed by atoms with Crippen LogP contribution < -0.4 is 4.74 Å². The van der Waals surface area contributed by atoms with Crippen molar-refractivity contribution >= 4 is 32.7 Å². The number of nitrogens with zero attached hydrogens (tertiary/aromatic N) is 4. The van der Waals surface area contributed by atoms with E-state index < -0.39 is 10.0 Å². The maximum atomic E-state index is 13.6. The average molecular weight is 505 g/mol. The summed E-state index contributed by atoms with van der Waals surface area (Å²) < 4.78 is 35.9. The lowest BCUT2D eigenvalue weighted by molar-refractivity contribution is 0.414. The minimum Gasteiger partial charge on any atom is -0.497 e. The Labute approximate surface area is 208 Å². The van der Waals surface area contributed by atoms with E-state index in [4.69, 9.17) is 4.74 Å². The van der Waals surface area contributed by atoms with Crippen molar-refractivity contribution in [2.24, 2.45) is 0 Å². The van der Waals surface area contributed by atoms with Crippen molar-refractivity contribution in [2.45, 2.75) is 29.1 Å². The SMILES string of the molecule is COc1cccc(-n2c(SC(C)C)nnc2-c2cn(S(=O)(=O)c3ccccc3)c3ccccc23)c1. The van der Waals surface area contributed by atoms with Gasteiger partial charge in [0.1, 0.15) is 5.75 Å². The molecule has 35 heavy (non-hydrogen) atoms. The Morgan fingerprint density at radius 1 is 0.914 bits per heavy atom. The van der Waals surface area contributed by atoms with Gasteiger partial charge >= 0.3 is 0 Å². The molecule has 0 spiro atoms. The molecule has 0 saturated heterocycles. The molecule has 0 atom stereocenters. The van der Waals surface area contributed by atoms with Gasteiger partial charge in [0.25, 0.3) is 10.0 Å². The molecule has 5 aromatic rings. The predicted octanol–water partition coefficient (Wildman–Crippen LogP) is 5.64. The van der Waals surface area contributed by atoms with Crippen molar-refractivity contribution in [1.29, 1.82) is 0 Å². The van der Waals surface area contributed by atoms with E-state index in [1.165, 1.54) is 3.97 Å². The van der Waals surface area contributed by atoms with E-state index in [0.29, 0.717) is 27.8 Å². The number of aromatic nitrogens is 4. The fraction of sp³-hybridized carbons (Fsp3) is 0.154. The van der Waals surface area contributed by atoms with Crippen LogP contribution in [-0.2, 0) is 10.0 Å². The van der Waals surface area contributed by atoms with Crippen LogP contribution in [0.4, 0.5) is 0 Å². The molecule has 0 aliphatic heterocycles. The van der Waals surface area contributed by atoms with E-state index in [1.54, 1.807) is 61.5 Å². The van der Waals surface area contributed by atoms with Crippen LogP contribution in [0.2, 0.25) is 0 Å². The van der Waals surface area contributed by atoms with E-state index in [2.05, 4.69) is 24.0 Å². The Bertz CT molecular complexity index is 1610. The number of hydrogen-bond acceptors (Lipinski definition) is 6. The van der Waals surface area contributed by atoms with Gasteiger partial charge in [0, 0.05) is 28.5 Å². The molecular formula is C26H24N4O3S2. The highest BCUT2D eigenvalue weighted by atomic mass is 32.2. The van der Waals surface area contributed by atoms with Gasteiger partial charge < -0.3 is 4.74 Å². The number of thioether (sulfide) groups is 1. The normalized spacial score (nSPS) is 11.9. The van der Waals surface area contributed by atoms with E-state index in [0.717, 1.165) is 11.1 Å². The number of hydrogen-bond donors (Lipinski definition) is 0. The Hall–Kier alpha value is -3.56. The molecule has 178 valence electrons. The molecule has 0 aliphatic rings. The largest absolute Gasteiger partial charge is 0.497 e. The molecule has 5 rings (SSSR count). The molecule has 0 aliphatic carbocycles. The quantitative estimate of drug-likeness (QED) is 0.267. The standard InChI is InChI=1S/C26H24N4O3S2/c1-18(2)34-26-28-27-25(30(26)19-10-9-11-20(16-19)33-3)23-17-29(24-15-8-7-14-22(23)24)35(31,32)21-12-5-4-6-13-21/h4-18H,1-3H3. The molecule has 0 bridgehead atoms. The topological polar surface area (TPSA) is 79.0 Å². The maximum Gasteiger partial charge on any atom is 0.268 e. The summed E-state index contributed by atoms with van der Waals surface area (Å²) >= 11 is 1.59. The van der Waals surface area contributed by atoms with E-state index in [1.807, 2.05) is 47.0 Å². The van der Waals surface area contributed by atoms with Crippen molar-refractivity contribution in [2.75, 3.05) is 7.11 Å². The van der Waals surface area contributed by atoms with Crippen LogP contribution in [0, 0.1) is 0 Å². The van der Waals surface area contributed by atoms with Gasteiger partial charge in [-0.05, 0) is 30.3 Å². The fourth-order valence-corrected chi connectivity index (χ4v) is 6.14. The summed E-state index contributed by atoms with van der Waals surface area (Å²) in [6.07, 6.45) is 1.64. The first kappa shape index (κ1) is 23.2. The van der Waals surface area contributed by atoms with Gasteiger partial charge in [-0.25, -0.2) is 12.4 Å². The number of benzene rings is 3. The molecule has 7 nitrogen and oxygen atoms in total. The van der Waals surface area contributed by atoms with Crippen LogP contribution in [0.15, 0.2) is 95.1 Å². The second-order valence-corrected chi connectivity index (χ2v) is 11.5. The lowest BCUT2D eigenvalue weighted by Gasteiger charge is -2.12. The third-order valence-corrected chi connectivity index (χ3v) is 8.14. The van der Waals surface area contributed by atoms with Gasteiger partial charge in [-0.3, -0.25) is 4.57 Å². The zero-order valence-electron chi connectivity index (χ0n) is 19.5. The van der Waals surface area contributed by atoms with Crippen LogP contribution in [-0.4, -0.2) is 39.5 Å². The van der Waals surface area contributed by atoms with E-state index in [-0.39, 0.29) is 10.1 Å². The van der Waals surface area contributed by atoms with Gasteiger partial charge in [-0.2, -0.15) is 0 Å². The first-order valence-corrected chi connectivity index (χ1v) is 13.4. The van der Waals surface area contributed by atoms with Crippen molar-refractivity contribution in [1.82, 2.24) is 18.7 Å². The zero-order chi connectivity index (χ0) is 24.6. The molecule has 0 unspecified atom stereocenters. The fourth-order valence-electron chi connectivity index (χ4n) is 3.95. The van der Waals surface area contributed by atoms with Crippen molar-refractivity contribution in [3.8, 4) is 22.8 Å². The maximum absolute atomic E-state index is 13.6. The van der Waals surface area contributed by atoms with Crippen molar-refractivity contribution in [3.63, 3.8) is 0 Å². The third-order valence-electron chi connectivity index (χ3n) is 5.50. The van der Waals surface area contributed by atoms with Crippen LogP contribution in [0.1, 0.15) is 13.8 Å². The van der Waals surface area contributed by atoms with Crippen LogP contribution in [0.5, 0.6) is 5.75 Å². The molecule has 0 fully saturated rings. The number of methoxy groups -OCH3 is 1. The molecule has 3 aromatic carbocycles. The highest BCUT2D eigenvalue weighted by molar-refractivity contribution is 7.99. The van der Waals surface area contributed by atoms with Crippen LogP contribution in [0.3, 0.4) is 0 Å². The molecule has 0 amide bonds. The number of ether oxygens (including phenoxy) is 1. The Morgan fingerprint density at radius 2 is 1.66 bits per heavy atom. The van der Waals surface area contributed by atoms with Crippen molar-refractivity contribution < 1.29 is 13.2 Å². The van der Waals surface area contributed by atoms with Crippen LogP contribution in [0.25, 0.3) is 28.0 Å². The van der Waals surface area contributed by atoms with Gasteiger partial charge in [0.05, 0.1) is 23.2 Å². The number of rotatable bonds is 7. The summed E-state index contributed by atoms with van der Waals surface area (Å²) in [7, 11) is -2.20. The van der Waals surface area contributed by atoms with Gasteiger partial charge in [-0.15, -0.1) is 10.2 Å². The summed E-state index contributed by atoms with van der Waals surface area (Å²) in [5, 5.41) is 10.8. The summed E-state index contributed by atoms with van der Waals surface area (Å²) in [6, 6.07) is 23.5. The molecule has 0 radical (unpaired) electrons. The van der Waals surface area contributed by atoms with Crippen molar-refractivity contribution in [3.05, 3.63) is 85.1 Å². The number of para-hydroxylation sites is 1. The highest BCUT2D eigenvalue weighted by Crippen LogP contribution is 2.36. The molecule has 0 saturated carbocycles. The number of fused-ring (bicyclic) bond motifs is 1. The zero-order valence-corrected chi connectivity index (χ0v) is 21.1. The Kier molecular flexibility index (Phi) is 6.12. The Balaban J connectivity index is 1.77. The summed E-state index contributed by atoms with van der Waals surface area (Å²) in [4.78, 5) is 0.220. The van der Waals surface area contributed by atoms with E-state index >= 15 is 0 Å². The minimum atomic E-state index is -3.82. The third kappa shape index (κ3) is 4.21. The predicted molar refractivity (Wildman–Crippen MR) is 139 cm³/mol. The van der Waals surface area contributed by atoms with Crippen LogP contribution >= 0.6 is 11.8 Å². The van der Waals surface area contributed by atoms with Gasteiger partial charge in [0.15, 0.2) is 11.0 Å². The molecular weight excluding hydrogens is 480 g/mol. The monoisotopic (exact) mass is 504 g/mol. The van der Waals surface area contributed by atoms with E-state index in [9.17, 15) is 8.42 Å². The summed E-state index contributed by atoms with van der Waals surface area (Å²) in [6.45, 7) is 4.18. The summed E-state index contributed by atoms with van der Waals surface area (Å²) in [5.41, 5.74) is 2.07. The summed E-state index contributed by atoms with van der Waals surface area (Å²) in [5.74, 6) is 1.26. The highest BCUT2D eigenvalue weighted by Gasteiger charge is 2.25. The minimum absolute atomic E-state index is 0.220. The first-order chi connectivity index (χ1) is 16.9. The second-order valence-electron chi connectivity index (χ2n) is 8.18. The second kappa shape index (κ2) is 9.24. The molecule has 2 aromatic heterocycles. The molecule has 2 heterocycles. The lowest BCUT2D eigenvalue weighted by Crippen LogP contribution is -2.11. The Morgan fingerprint density at radius 3 is 2.40 bits per heavy atom. The smallest absolute Gasteiger partial charge is 0.268 e. The molecule has 0 N–H and O–H groups in total.